The van der Waals surface area contributed by atoms with Crippen molar-refractivity contribution in [3.8, 4) is 5.75 Å². The van der Waals surface area contributed by atoms with E-state index in [9.17, 15) is 9.59 Å². The summed E-state index contributed by atoms with van der Waals surface area (Å²) in [7, 11) is 0. The highest BCUT2D eigenvalue weighted by Crippen LogP contribution is 2.16. The van der Waals surface area contributed by atoms with Gasteiger partial charge in [0.1, 0.15) is 5.75 Å². The molecule has 4 rings (SSSR count). The molecule has 1 N–H and O–H groups in total. The standard InChI is InChI=1S/C28H30N2O5/c31-27(32)21-35-25-6-1-4-23(20-25)5-2-13-30-14-3-7-26(30)28(33)24-10-8-22(9-11-24)12-15-29-16-18-34-19-17-29/h1-11,14,20H,12-13,15-19,21H2,(H,31,32)/b5-2+. The highest BCUT2D eigenvalue weighted by atomic mass is 16.5. The van der Waals surface area contributed by atoms with Crippen LogP contribution in [0, 0.1) is 0 Å². The summed E-state index contributed by atoms with van der Waals surface area (Å²) in [6, 6.07) is 18.8. The van der Waals surface area contributed by atoms with Crippen LogP contribution in [0.2, 0.25) is 0 Å². The average Bonchev–Trinajstić information content (AvgIpc) is 3.35. The number of allylic oxidation sites excluding steroid dienone is 1. The summed E-state index contributed by atoms with van der Waals surface area (Å²) >= 11 is 0. The second-order valence-electron chi connectivity index (χ2n) is 8.43. The van der Waals surface area contributed by atoms with Crippen LogP contribution in [0.15, 0.2) is 72.9 Å². The number of morpholine rings is 1. The van der Waals surface area contributed by atoms with Gasteiger partial charge in [0.05, 0.1) is 18.9 Å². The third-order valence-corrected chi connectivity index (χ3v) is 5.93. The largest absolute Gasteiger partial charge is 0.482 e. The molecule has 2 aromatic carbocycles. The zero-order chi connectivity index (χ0) is 24.5. The number of carboxylic acids is 1. The number of carbonyl (C=O) groups excluding carboxylic acids is 1. The van der Waals surface area contributed by atoms with Gasteiger partial charge in [-0.3, -0.25) is 9.69 Å². The number of hydrogen-bond acceptors (Lipinski definition) is 5. The Morgan fingerprint density at radius 2 is 1.83 bits per heavy atom. The Hall–Kier alpha value is -3.68. The van der Waals surface area contributed by atoms with E-state index in [1.165, 1.54) is 5.56 Å². The Kier molecular flexibility index (Phi) is 8.48. The van der Waals surface area contributed by atoms with Crippen molar-refractivity contribution in [1.82, 2.24) is 9.47 Å². The normalized spacial score (nSPS) is 14.3. The summed E-state index contributed by atoms with van der Waals surface area (Å²) in [5.74, 6) is -0.523. The van der Waals surface area contributed by atoms with Crippen LogP contribution in [0.4, 0.5) is 0 Å². The van der Waals surface area contributed by atoms with E-state index in [1.54, 1.807) is 12.1 Å². The first-order chi connectivity index (χ1) is 17.1. The minimum atomic E-state index is -1.02. The number of carbonyl (C=O) groups is 2. The van der Waals surface area contributed by atoms with Crippen LogP contribution >= 0.6 is 0 Å². The molecule has 0 atom stereocenters. The molecule has 7 heteroatoms. The van der Waals surface area contributed by atoms with E-state index < -0.39 is 5.97 Å². The third kappa shape index (κ3) is 7.15. The molecule has 1 saturated heterocycles. The zero-order valence-corrected chi connectivity index (χ0v) is 19.6. The molecule has 0 amide bonds. The number of benzene rings is 2. The van der Waals surface area contributed by atoms with Crippen molar-refractivity contribution in [3.05, 3.63) is 95.3 Å². The van der Waals surface area contributed by atoms with Gasteiger partial charge in [-0.15, -0.1) is 0 Å². The lowest BCUT2D eigenvalue weighted by atomic mass is 10.0. The number of nitrogens with zero attached hydrogens (tertiary/aromatic N) is 2. The van der Waals surface area contributed by atoms with E-state index in [0.29, 0.717) is 23.6 Å². The van der Waals surface area contributed by atoms with Crippen molar-refractivity contribution in [2.75, 3.05) is 39.5 Å². The van der Waals surface area contributed by atoms with Gasteiger partial charge in [0.2, 0.25) is 5.78 Å². The predicted octanol–water partition coefficient (Wildman–Crippen LogP) is 3.77. The first-order valence-corrected chi connectivity index (χ1v) is 11.8. The molecule has 0 saturated carbocycles. The lowest BCUT2D eigenvalue weighted by molar-refractivity contribution is -0.139. The maximum absolute atomic E-state index is 13.1. The Morgan fingerprint density at radius 1 is 1.03 bits per heavy atom. The molecule has 0 aliphatic carbocycles. The Morgan fingerprint density at radius 3 is 2.60 bits per heavy atom. The number of rotatable bonds is 11. The smallest absolute Gasteiger partial charge is 0.341 e. The van der Waals surface area contributed by atoms with Gasteiger partial charge >= 0.3 is 5.97 Å². The fourth-order valence-corrected chi connectivity index (χ4v) is 4.02. The van der Waals surface area contributed by atoms with Gasteiger partial charge in [0.25, 0.3) is 0 Å². The van der Waals surface area contributed by atoms with Crippen molar-refractivity contribution in [2.45, 2.75) is 13.0 Å². The van der Waals surface area contributed by atoms with E-state index in [2.05, 4.69) is 4.90 Å². The molecule has 1 fully saturated rings. The highest BCUT2D eigenvalue weighted by Gasteiger charge is 2.14. The van der Waals surface area contributed by atoms with Crippen LogP contribution in [0.1, 0.15) is 27.2 Å². The third-order valence-electron chi connectivity index (χ3n) is 5.93. The van der Waals surface area contributed by atoms with Gasteiger partial charge in [-0.05, 0) is 41.8 Å². The average molecular weight is 475 g/mol. The molecule has 2 heterocycles. The summed E-state index contributed by atoms with van der Waals surface area (Å²) < 4.78 is 12.5. The number of aliphatic carboxylic acids is 1. The number of carboxylic acid groups (broad SMARTS) is 1. The summed E-state index contributed by atoms with van der Waals surface area (Å²) in [5, 5.41) is 8.76. The van der Waals surface area contributed by atoms with Crippen molar-refractivity contribution in [3.63, 3.8) is 0 Å². The van der Waals surface area contributed by atoms with Crippen LogP contribution in [-0.4, -0.2) is 65.8 Å². The van der Waals surface area contributed by atoms with E-state index in [0.717, 1.165) is 44.8 Å². The fraction of sp³-hybridized carbons (Fsp3) is 0.286. The first-order valence-electron chi connectivity index (χ1n) is 11.8. The summed E-state index contributed by atoms with van der Waals surface area (Å²) in [6.45, 7) is 4.72. The first kappa shape index (κ1) is 24.4. The molecular weight excluding hydrogens is 444 g/mol. The zero-order valence-electron chi connectivity index (χ0n) is 19.6. The number of aromatic nitrogens is 1. The second kappa shape index (κ2) is 12.1. The van der Waals surface area contributed by atoms with Crippen molar-refractivity contribution >= 4 is 17.8 Å². The van der Waals surface area contributed by atoms with Crippen molar-refractivity contribution in [2.24, 2.45) is 0 Å². The summed E-state index contributed by atoms with van der Waals surface area (Å²) in [4.78, 5) is 26.2. The quantitative estimate of drug-likeness (QED) is 0.426. The molecule has 7 nitrogen and oxygen atoms in total. The van der Waals surface area contributed by atoms with Gasteiger partial charge in [0.15, 0.2) is 6.61 Å². The fourth-order valence-electron chi connectivity index (χ4n) is 4.02. The molecule has 3 aromatic rings. The maximum Gasteiger partial charge on any atom is 0.341 e. The lowest BCUT2D eigenvalue weighted by Gasteiger charge is -2.26. The molecule has 1 aliphatic rings. The minimum absolute atomic E-state index is 0.00722. The van der Waals surface area contributed by atoms with Crippen molar-refractivity contribution in [1.29, 1.82) is 0 Å². The summed E-state index contributed by atoms with van der Waals surface area (Å²) in [5.41, 5.74) is 3.42. The van der Waals surface area contributed by atoms with Gasteiger partial charge in [0, 0.05) is 37.9 Å². The SMILES string of the molecule is O=C(O)COc1cccc(/C=C/Cn2cccc2C(=O)c2ccc(CCN3CCOCC3)cc2)c1. The predicted molar refractivity (Wildman–Crippen MR) is 134 cm³/mol. The lowest BCUT2D eigenvalue weighted by Crippen LogP contribution is -2.37. The molecule has 182 valence electrons. The van der Waals surface area contributed by atoms with Gasteiger partial charge < -0.3 is 19.1 Å². The van der Waals surface area contributed by atoms with Crippen LogP contribution in [0.3, 0.4) is 0 Å². The molecule has 0 spiro atoms. The Balaban J connectivity index is 1.34. The molecule has 0 radical (unpaired) electrons. The highest BCUT2D eigenvalue weighted by molar-refractivity contribution is 6.08. The maximum atomic E-state index is 13.1. The minimum Gasteiger partial charge on any atom is -0.482 e. The Labute approximate surface area is 205 Å². The van der Waals surface area contributed by atoms with Crippen LogP contribution in [-0.2, 0) is 22.5 Å². The number of ether oxygens (including phenoxy) is 2. The van der Waals surface area contributed by atoms with Gasteiger partial charge in [-0.1, -0.05) is 48.6 Å². The monoisotopic (exact) mass is 474 g/mol. The van der Waals surface area contributed by atoms with E-state index in [-0.39, 0.29) is 12.4 Å². The van der Waals surface area contributed by atoms with Gasteiger partial charge in [-0.2, -0.15) is 0 Å². The molecule has 1 aromatic heterocycles. The number of hydrogen-bond donors (Lipinski definition) is 1. The molecule has 0 bridgehead atoms. The van der Waals surface area contributed by atoms with Crippen LogP contribution in [0.5, 0.6) is 5.75 Å². The van der Waals surface area contributed by atoms with Crippen LogP contribution in [0.25, 0.3) is 6.08 Å². The second-order valence-corrected chi connectivity index (χ2v) is 8.43. The van der Waals surface area contributed by atoms with E-state index in [4.69, 9.17) is 14.6 Å². The molecule has 0 unspecified atom stereocenters. The summed E-state index contributed by atoms with van der Waals surface area (Å²) in [6.07, 6.45) is 6.73. The Bertz CT molecular complexity index is 1160. The van der Waals surface area contributed by atoms with Crippen LogP contribution < -0.4 is 4.74 Å². The molecule has 1 aliphatic heterocycles. The molecule has 35 heavy (non-hydrogen) atoms. The van der Waals surface area contributed by atoms with Gasteiger partial charge in [-0.25, -0.2) is 4.79 Å². The van der Waals surface area contributed by atoms with E-state index >= 15 is 0 Å². The van der Waals surface area contributed by atoms with E-state index in [1.807, 2.05) is 71.4 Å². The number of ketones is 1. The molecular formula is C28H30N2O5. The topological polar surface area (TPSA) is 81.0 Å². The van der Waals surface area contributed by atoms with Crippen molar-refractivity contribution < 1.29 is 24.2 Å².